The van der Waals surface area contributed by atoms with Crippen molar-refractivity contribution in [3.05, 3.63) is 0 Å². The molecule has 0 aliphatic carbocycles. The van der Waals surface area contributed by atoms with Crippen LogP contribution < -0.4 is 5.73 Å². The third-order valence-corrected chi connectivity index (χ3v) is 3.00. The van der Waals surface area contributed by atoms with Crippen molar-refractivity contribution < 1.29 is 4.79 Å². The van der Waals surface area contributed by atoms with Gasteiger partial charge in [-0.1, -0.05) is 13.3 Å². The Balaban J connectivity index is 2.49. The van der Waals surface area contributed by atoms with Gasteiger partial charge in [-0.3, -0.25) is 4.79 Å². The van der Waals surface area contributed by atoms with Gasteiger partial charge in [0.05, 0.1) is 6.04 Å². The van der Waals surface area contributed by atoms with Crippen LogP contribution in [0.3, 0.4) is 0 Å². The zero-order valence-electron chi connectivity index (χ0n) is 9.33. The van der Waals surface area contributed by atoms with Gasteiger partial charge >= 0.3 is 0 Å². The van der Waals surface area contributed by atoms with Crippen LogP contribution in [-0.4, -0.2) is 29.4 Å². The van der Waals surface area contributed by atoms with Crippen molar-refractivity contribution in [3.8, 4) is 0 Å². The average Bonchev–Trinajstić information content (AvgIpc) is 2.18. The van der Waals surface area contributed by atoms with Crippen LogP contribution in [0.4, 0.5) is 0 Å². The van der Waals surface area contributed by atoms with Gasteiger partial charge in [0.2, 0.25) is 5.91 Å². The largest absolute Gasteiger partial charge is 0.339 e. The molecule has 1 heterocycles. The van der Waals surface area contributed by atoms with Gasteiger partial charge in [0, 0.05) is 12.6 Å². The molecule has 1 aliphatic heterocycles. The molecule has 82 valence electrons. The van der Waals surface area contributed by atoms with Crippen molar-refractivity contribution in [2.45, 2.75) is 58.0 Å². The Morgan fingerprint density at radius 1 is 1.57 bits per heavy atom. The first-order valence-corrected chi connectivity index (χ1v) is 5.73. The first-order chi connectivity index (χ1) is 6.66. The van der Waals surface area contributed by atoms with Crippen molar-refractivity contribution in [1.29, 1.82) is 0 Å². The van der Waals surface area contributed by atoms with E-state index in [1.54, 1.807) is 0 Å². The second-order valence-corrected chi connectivity index (χ2v) is 4.27. The van der Waals surface area contributed by atoms with Crippen LogP contribution in [0.15, 0.2) is 0 Å². The summed E-state index contributed by atoms with van der Waals surface area (Å²) in [6.07, 6.45) is 5.30. The van der Waals surface area contributed by atoms with Crippen molar-refractivity contribution in [2.24, 2.45) is 5.73 Å². The molecule has 14 heavy (non-hydrogen) atoms. The molecule has 3 nitrogen and oxygen atoms in total. The van der Waals surface area contributed by atoms with E-state index in [1.165, 1.54) is 6.42 Å². The average molecular weight is 198 g/mol. The monoisotopic (exact) mass is 198 g/mol. The van der Waals surface area contributed by atoms with Crippen LogP contribution in [0.1, 0.15) is 46.0 Å². The van der Waals surface area contributed by atoms with Crippen LogP contribution in [0.5, 0.6) is 0 Å². The molecule has 2 atom stereocenters. The summed E-state index contributed by atoms with van der Waals surface area (Å²) in [5, 5.41) is 0. The molecule has 0 saturated carbocycles. The van der Waals surface area contributed by atoms with E-state index in [0.717, 1.165) is 32.2 Å². The van der Waals surface area contributed by atoms with Gasteiger partial charge in [-0.2, -0.15) is 0 Å². The minimum Gasteiger partial charge on any atom is -0.339 e. The Bertz CT molecular complexity index is 194. The van der Waals surface area contributed by atoms with E-state index in [9.17, 15) is 4.79 Å². The Morgan fingerprint density at radius 2 is 2.29 bits per heavy atom. The summed E-state index contributed by atoms with van der Waals surface area (Å²) in [7, 11) is 0. The fourth-order valence-corrected chi connectivity index (χ4v) is 2.07. The van der Waals surface area contributed by atoms with Gasteiger partial charge < -0.3 is 10.6 Å². The summed E-state index contributed by atoms with van der Waals surface area (Å²) in [6, 6.07) is 0.111. The molecule has 2 N–H and O–H groups in total. The molecule has 0 bridgehead atoms. The summed E-state index contributed by atoms with van der Waals surface area (Å²) in [5.41, 5.74) is 5.83. The van der Waals surface area contributed by atoms with Crippen LogP contribution in [0.2, 0.25) is 0 Å². The number of amides is 1. The predicted octanol–water partition coefficient (Wildman–Crippen LogP) is 1.51. The van der Waals surface area contributed by atoms with Crippen molar-refractivity contribution in [3.63, 3.8) is 0 Å². The van der Waals surface area contributed by atoms with Gasteiger partial charge in [-0.25, -0.2) is 0 Å². The summed E-state index contributed by atoms with van der Waals surface area (Å²) in [5.74, 6) is 0.152. The molecule has 0 radical (unpaired) electrons. The van der Waals surface area contributed by atoms with Crippen LogP contribution >= 0.6 is 0 Å². The fourth-order valence-electron chi connectivity index (χ4n) is 2.07. The van der Waals surface area contributed by atoms with Gasteiger partial charge in [-0.15, -0.1) is 0 Å². The molecule has 0 spiro atoms. The Hall–Kier alpha value is -0.570. The standard InChI is InChI=1S/C11H22N2O/c1-3-6-10(12)11(14)13-8-5-4-7-9(13)2/h9-10H,3-8,12H2,1-2H3/t9?,10-/m0/s1. The lowest BCUT2D eigenvalue weighted by Gasteiger charge is -2.35. The third-order valence-electron chi connectivity index (χ3n) is 3.00. The maximum absolute atomic E-state index is 11.9. The van der Waals surface area contributed by atoms with Gasteiger partial charge in [0.1, 0.15) is 0 Å². The fraction of sp³-hybridized carbons (Fsp3) is 0.909. The third kappa shape index (κ3) is 2.71. The first-order valence-electron chi connectivity index (χ1n) is 5.73. The molecular formula is C11H22N2O. The molecule has 3 heteroatoms. The number of nitrogens with two attached hydrogens (primary N) is 1. The maximum Gasteiger partial charge on any atom is 0.239 e. The van der Waals surface area contributed by atoms with E-state index in [4.69, 9.17) is 5.73 Å². The van der Waals surface area contributed by atoms with Gasteiger partial charge in [-0.05, 0) is 32.6 Å². The summed E-state index contributed by atoms with van der Waals surface area (Å²) < 4.78 is 0. The lowest BCUT2D eigenvalue weighted by atomic mass is 10.0. The number of hydrogen-bond acceptors (Lipinski definition) is 2. The van der Waals surface area contributed by atoms with E-state index in [-0.39, 0.29) is 11.9 Å². The summed E-state index contributed by atoms with van der Waals surface area (Å²) >= 11 is 0. The van der Waals surface area contributed by atoms with Crippen molar-refractivity contribution >= 4 is 5.91 Å². The van der Waals surface area contributed by atoms with Gasteiger partial charge in [0.15, 0.2) is 0 Å². The number of piperidine rings is 1. The first kappa shape index (κ1) is 11.5. The van der Waals surface area contributed by atoms with E-state index < -0.39 is 0 Å². The smallest absolute Gasteiger partial charge is 0.239 e. The van der Waals surface area contributed by atoms with Gasteiger partial charge in [0.25, 0.3) is 0 Å². The number of likely N-dealkylation sites (tertiary alicyclic amines) is 1. The van der Waals surface area contributed by atoms with Crippen molar-refractivity contribution in [1.82, 2.24) is 4.90 Å². The summed E-state index contributed by atoms with van der Waals surface area (Å²) in [6.45, 7) is 5.08. The maximum atomic E-state index is 11.9. The van der Waals surface area contributed by atoms with E-state index in [0.29, 0.717) is 6.04 Å². The molecule has 0 aromatic heterocycles. The minimum atomic E-state index is -0.277. The zero-order chi connectivity index (χ0) is 10.6. The van der Waals surface area contributed by atoms with E-state index >= 15 is 0 Å². The number of nitrogens with zero attached hydrogens (tertiary/aromatic N) is 1. The number of carbonyl (C=O) groups excluding carboxylic acids is 1. The predicted molar refractivity (Wildman–Crippen MR) is 57.9 cm³/mol. The molecule has 1 saturated heterocycles. The molecular weight excluding hydrogens is 176 g/mol. The number of rotatable bonds is 3. The van der Waals surface area contributed by atoms with Crippen LogP contribution in [0, 0.1) is 0 Å². The Kier molecular flexibility index (Phi) is 4.39. The highest BCUT2D eigenvalue weighted by atomic mass is 16.2. The Labute approximate surface area is 86.6 Å². The lowest BCUT2D eigenvalue weighted by molar-refractivity contribution is -0.136. The highest BCUT2D eigenvalue weighted by molar-refractivity contribution is 5.81. The molecule has 0 aromatic carbocycles. The quantitative estimate of drug-likeness (QED) is 0.747. The van der Waals surface area contributed by atoms with E-state index in [1.807, 2.05) is 4.90 Å². The van der Waals surface area contributed by atoms with Crippen LogP contribution in [-0.2, 0) is 4.79 Å². The topological polar surface area (TPSA) is 46.3 Å². The normalized spacial score (nSPS) is 24.8. The zero-order valence-corrected chi connectivity index (χ0v) is 9.33. The molecule has 0 aromatic rings. The molecule has 1 rings (SSSR count). The SMILES string of the molecule is CCC[C@H](N)C(=O)N1CCCCC1C. The van der Waals surface area contributed by atoms with Crippen molar-refractivity contribution in [2.75, 3.05) is 6.54 Å². The number of hydrogen-bond donors (Lipinski definition) is 1. The molecule has 1 fully saturated rings. The lowest BCUT2D eigenvalue weighted by Crippen LogP contribution is -2.49. The second-order valence-electron chi connectivity index (χ2n) is 4.27. The molecule has 1 unspecified atom stereocenters. The Morgan fingerprint density at radius 3 is 2.86 bits per heavy atom. The second kappa shape index (κ2) is 5.35. The molecule has 1 aliphatic rings. The minimum absolute atomic E-state index is 0.152. The van der Waals surface area contributed by atoms with E-state index in [2.05, 4.69) is 13.8 Å². The highest BCUT2D eigenvalue weighted by Crippen LogP contribution is 2.17. The molecule has 1 amide bonds. The summed E-state index contributed by atoms with van der Waals surface area (Å²) in [4.78, 5) is 13.9. The highest BCUT2D eigenvalue weighted by Gasteiger charge is 2.26. The van der Waals surface area contributed by atoms with Crippen LogP contribution in [0.25, 0.3) is 0 Å². The number of carbonyl (C=O) groups is 1.